The van der Waals surface area contributed by atoms with Gasteiger partial charge < -0.3 is 5.32 Å². The van der Waals surface area contributed by atoms with Gasteiger partial charge in [-0.15, -0.1) is 0 Å². The summed E-state index contributed by atoms with van der Waals surface area (Å²) in [5, 5.41) is 13.1. The minimum absolute atomic E-state index is 0.578. The van der Waals surface area contributed by atoms with Crippen LogP contribution in [0.15, 0.2) is 48.5 Å². The van der Waals surface area contributed by atoms with E-state index in [-0.39, 0.29) is 0 Å². The van der Waals surface area contributed by atoms with Crippen molar-refractivity contribution in [3.05, 3.63) is 65.2 Å². The van der Waals surface area contributed by atoms with Gasteiger partial charge in [-0.3, -0.25) is 0 Å². The maximum atomic E-state index is 9.67. The Hall–Kier alpha value is -2.27. The van der Waals surface area contributed by atoms with Crippen LogP contribution >= 0.6 is 0 Å². The average molecular weight is 248 g/mol. The Balaban J connectivity index is 1.98. The molecule has 1 N–H and O–H groups in total. The Morgan fingerprint density at radius 2 is 1.84 bits per heavy atom. The van der Waals surface area contributed by atoms with Gasteiger partial charge in [-0.05, 0) is 43.0 Å². The summed E-state index contributed by atoms with van der Waals surface area (Å²) in [5.74, 6) is 0. The summed E-state index contributed by atoms with van der Waals surface area (Å²) >= 11 is 0. The van der Waals surface area contributed by atoms with Crippen LogP contribution in [0.4, 0.5) is 5.69 Å². The molecule has 0 spiro atoms. The number of rotatable bonds is 2. The summed E-state index contributed by atoms with van der Waals surface area (Å²) < 4.78 is 0. The fourth-order valence-electron chi connectivity index (χ4n) is 2.77. The van der Waals surface area contributed by atoms with E-state index in [4.69, 9.17) is 0 Å². The van der Waals surface area contributed by atoms with Crippen molar-refractivity contribution in [3.63, 3.8) is 0 Å². The molecule has 1 atom stereocenters. The minimum atomic E-state index is -0.578. The van der Waals surface area contributed by atoms with Gasteiger partial charge in [-0.25, -0.2) is 0 Å². The first-order valence-electron chi connectivity index (χ1n) is 6.58. The molecule has 2 nitrogen and oxygen atoms in total. The molecule has 0 aromatic heterocycles. The fraction of sp³-hybridized carbons (Fsp3) is 0.235. The first-order valence-corrected chi connectivity index (χ1v) is 6.58. The van der Waals surface area contributed by atoms with Crippen molar-refractivity contribution < 1.29 is 0 Å². The zero-order valence-corrected chi connectivity index (χ0v) is 11.0. The summed E-state index contributed by atoms with van der Waals surface area (Å²) in [5.41, 5.74) is 4.06. The molecule has 2 aromatic carbocycles. The molecule has 1 aliphatic rings. The molecule has 94 valence electrons. The lowest BCUT2D eigenvalue weighted by Crippen LogP contribution is -2.31. The molecule has 2 aromatic rings. The highest BCUT2D eigenvalue weighted by atomic mass is 15.0. The molecule has 0 saturated carbocycles. The molecule has 1 aliphatic carbocycles. The van der Waals surface area contributed by atoms with Gasteiger partial charge in [0.05, 0.1) is 6.07 Å². The average Bonchev–Trinajstić information content (AvgIpc) is 2.81. The van der Waals surface area contributed by atoms with Gasteiger partial charge in [0.1, 0.15) is 0 Å². The molecule has 0 saturated heterocycles. The van der Waals surface area contributed by atoms with Gasteiger partial charge in [0.2, 0.25) is 0 Å². The smallest absolute Gasteiger partial charge is 0.151 e. The number of anilines is 1. The largest absolute Gasteiger partial charge is 0.364 e. The van der Waals surface area contributed by atoms with Gasteiger partial charge in [0, 0.05) is 5.69 Å². The van der Waals surface area contributed by atoms with Crippen LogP contribution in [-0.2, 0) is 12.0 Å². The predicted octanol–water partition coefficient (Wildman–Crippen LogP) is 3.77. The van der Waals surface area contributed by atoms with Crippen molar-refractivity contribution >= 4 is 5.69 Å². The summed E-state index contributed by atoms with van der Waals surface area (Å²) in [4.78, 5) is 0. The van der Waals surface area contributed by atoms with E-state index in [0.29, 0.717) is 0 Å². The predicted molar refractivity (Wildman–Crippen MR) is 76.9 cm³/mol. The quantitative estimate of drug-likeness (QED) is 0.878. The Labute approximate surface area is 113 Å². The Morgan fingerprint density at radius 3 is 2.58 bits per heavy atom. The molecule has 19 heavy (non-hydrogen) atoms. The Kier molecular flexibility index (Phi) is 2.76. The normalized spacial score (nSPS) is 20.6. The third-order valence-electron chi connectivity index (χ3n) is 3.85. The zero-order valence-electron chi connectivity index (χ0n) is 11.0. The Morgan fingerprint density at radius 1 is 1.11 bits per heavy atom. The monoisotopic (exact) mass is 248 g/mol. The molecule has 1 unspecified atom stereocenters. The highest BCUT2D eigenvalue weighted by Crippen LogP contribution is 2.39. The number of hydrogen-bond acceptors (Lipinski definition) is 2. The highest BCUT2D eigenvalue weighted by molar-refractivity contribution is 5.55. The van der Waals surface area contributed by atoms with Gasteiger partial charge in [0.15, 0.2) is 5.54 Å². The Bertz CT molecular complexity index is 637. The zero-order chi connectivity index (χ0) is 13.3. The number of nitrogens with one attached hydrogen (secondary N) is 1. The van der Waals surface area contributed by atoms with Crippen LogP contribution in [0.2, 0.25) is 0 Å². The van der Waals surface area contributed by atoms with E-state index in [0.717, 1.165) is 24.1 Å². The SMILES string of the molecule is Cc1ccc(NC2(C#N)CCc3ccccc32)cc1. The first kappa shape index (κ1) is 11.8. The second-order valence-corrected chi connectivity index (χ2v) is 5.17. The van der Waals surface area contributed by atoms with Crippen LogP contribution in [0.5, 0.6) is 0 Å². The first-order chi connectivity index (χ1) is 9.23. The van der Waals surface area contributed by atoms with Crippen LogP contribution < -0.4 is 5.32 Å². The summed E-state index contributed by atoms with van der Waals surface area (Å²) in [6.45, 7) is 2.06. The van der Waals surface area contributed by atoms with Crippen LogP contribution in [0.25, 0.3) is 0 Å². The van der Waals surface area contributed by atoms with Gasteiger partial charge in [0.25, 0.3) is 0 Å². The van der Waals surface area contributed by atoms with Gasteiger partial charge in [-0.1, -0.05) is 42.0 Å². The van der Waals surface area contributed by atoms with Crippen LogP contribution in [0.1, 0.15) is 23.1 Å². The van der Waals surface area contributed by atoms with E-state index in [2.05, 4.69) is 42.6 Å². The van der Waals surface area contributed by atoms with E-state index in [1.807, 2.05) is 24.3 Å². The number of hydrogen-bond donors (Lipinski definition) is 1. The second-order valence-electron chi connectivity index (χ2n) is 5.17. The van der Waals surface area contributed by atoms with E-state index >= 15 is 0 Å². The van der Waals surface area contributed by atoms with Crippen LogP contribution in [0.3, 0.4) is 0 Å². The lowest BCUT2D eigenvalue weighted by Gasteiger charge is -2.25. The molecule has 0 amide bonds. The van der Waals surface area contributed by atoms with Crippen molar-refractivity contribution in [2.24, 2.45) is 0 Å². The number of nitrogens with zero attached hydrogens (tertiary/aromatic N) is 1. The highest BCUT2D eigenvalue weighted by Gasteiger charge is 2.38. The second kappa shape index (κ2) is 4.44. The van der Waals surface area contributed by atoms with Crippen molar-refractivity contribution in [1.29, 1.82) is 5.26 Å². The van der Waals surface area contributed by atoms with Gasteiger partial charge in [-0.2, -0.15) is 5.26 Å². The summed E-state index contributed by atoms with van der Waals surface area (Å²) in [6, 6.07) is 18.9. The summed E-state index contributed by atoms with van der Waals surface area (Å²) in [6.07, 6.45) is 1.79. The van der Waals surface area contributed by atoms with Crippen molar-refractivity contribution in [2.45, 2.75) is 25.3 Å². The van der Waals surface area contributed by atoms with E-state index in [9.17, 15) is 5.26 Å². The fourth-order valence-corrected chi connectivity index (χ4v) is 2.77. The lowest BCUT2D eigenvalue weighted by molar-refractivity contribution is 0.621. The van der Waals surface area contributed by atoms with Gasteiger partial charge >= 0.3 is 0 Å². The van der Waals surface area contributed by atoms with E-state index in [1.165, 1.54) is 11.1 Å². The lowest BCUT2D eigenvalue weighted by atomic mass is 9.93. The molecule has 2 heteroatoms. The maximum Gasteiger partial charge on any atom is 0.151 e. The number of benzene rings is 2. The van der Waals surface area contributed by atoms with Crippen LogP contribution in [0, 0.1) is 18.3 Å². The summed E-state index contributed by atoms with van der Waals surface area (Å²) in [7, 11) is 0. The third kappa shape index (κ3) is 1.98. The van der Waals surface area contributed by atoms with Crippen molar-refractivity contribution in [2.75, 3.05) is 5.32 Å². The molecule has 0 radical (unpaired) electrons. The number of nitriles is 1. The third-order valence-corrected chi connectivity index (χ3v) is 3.85. The number of aryl methyl sites for hydroxylation is 2. The van der Waals surface area contributed by atoms with Crippen LogP contribution in [-0.4, -0.2) is 0 Å². The van der Waals surface area contributed by atoms with E-state index in [1.54, 1.807) is 0 Å². The van der Waals surface area contributed by atoms with Crippen molar-refractivity contribution in [1.82, 2.24) is 0 Å². The molecule has 0 bridgehead atoms. The standard InChI is InChI=1S/C17H16N2/c1-13-6-8-15(9-7-13)19-17(12-18)11-10-14-4-2-3-5-16(14)17/h2-9,19H,10-11H2,1H3. The van der Waals surface area contributed by atoms with E-state index < -0.39 is 5.54 Å². The maximum absolute atomic E-state index is 9.67. The molecule has 0 fully saturated rings. The molecule has 0 aliphatic heterocycles. The topological polar surface area (TPSA) is 35.8 Å². The van der Waals surface area contributed by atoms with Crippen molar-refractivity contribution in [3.8, 4) is 6.07 Å². The molecular formula is C17H16N2. The minimum Gasteiger partial charge on any atom is -0.364 e. The molecule has 3 rings (SSSR count). The molecule has 0 heterocycles. The molecular weight excluding hydrogens is 232 g/mol. The number of fused-ring (bicyclic) bond motifs is 1.